The molecule has 0 spiro atoms. The minimum absolute atomic E-state index is 0.0645. The molecule has 0 saturated carbocycles. The lowest BCUT2D eigenvalue weighted by molar-refractivity contribution is 0.556. The summed E-state index contributed by atoms with van der Waals surface area (Å²) in [5, 5.41) is 0. The molecule has 2 nitrogen and oxygen atoms in total. The van der Waals surface area contributed by atoms with Gasteiger partial charge < -0.3 is 5.73 Å². The average molecular weight is 192 g/mol. The zero-order chi connectivity index (χ0) is 10.9. The van der Waals surface area contributed by atoms with Crippen LogP contribution in [0, 0.1) is 0 Å². The lowest BCUT2D eigenvalue weighted by atomic mass is 9.85. The number of nitrogens with zero attached hydrogens (tertiary/aromatic N) is 1. The van der Waals surface area contributed by atoms with Gasteiger partial charge in [0, 0.05) is 5.41 Å². The van der Waals surface area contributed by atoms with Crippen molar-refractivity contribution in [3.63, 3.8) is 0 Å². The van der Waals surface area contributed by atoms with Crippen LogP contribution in [0.4, 0.5) is 5.82 Å². The monoisotopic (exact) mass is 192 g/mol. The number of hydrogen-bond donors (Lipinski definition) is 1. The van der Waals surface area contributed by atoms with Crippen molar-refractivity contribution in [2.45, 2.75) is 46.0 Å². The highest BCUT2D eigenvalue weighted by Gasteiger charge is 2.21. The fraction of sp³-hybridized carbons (Fsp3) is 0.583. The number of nitrogens with two attached hydrogens (primary N) is 1. The Morgan fingerprint density at radius 1 is 1.21 bits per heavy atom. The lowest BCUT2D eigenvalue weighted by Crippen LogP contribution is -2.18. The lowest BCUT2D eigenvalue weighted by Gasteiger charge is -2.23. The highest BCUT2D eigenvalue weighted by Crippen LogP contribution is 2.29. The largest absolute Gasteiger partial charge is 0.384 e. The van der Waals surface area contributed by atoms with Crippen molar-refractivity contribution in [3.05, 3.63) is 23.4 Å². The third-order valence-electron chi connectivity index (χ3n) is 2.28. The molecule has 1 aromatic heterocycles. The zero-order valence-corrected chi connectivity index (χ0v) is 9.76. The number of aromatic nitrogens is 1. The molecule has 0 amide bonds. The van der Waals surface area contributed by atoms with Crippen LogP contribution in [0.1, 0.15) is 51.8 Å². The van der Waals surface area contributed by atoms with Crippen LogP contribution in [0.5, 0.6) is 0 Å². The molecular formula is C12H20N2. The normalized spacial score (nSPS) is 12.1. The smallest absolute Gasteiger partial charge is 0.123 e. The van der Waals surface area contributed by atoms with Gasteiger partial charge in [0.2, 0.25) is 0 Å². The number of rotatable bonds is 1. The molecule has 1 rings (SSSR count). The van der Waals surface area contributed by atoms with Gasteiger partial charge >= 0.3 is 0 Å². The van der Waals surface area contributed by atoms with Crippen molar-refractivity contribution in [2.24, 2.45) is 0 Å². The molecule has 0 saturated heterocycles. The van der Waals surface area contributed by atoms with Crippen LogP contribution in [-0.4, -0.2) is 4.98 Å². The summed E-state index contributed by atoms with van der Waals surface area (Å²) in [5.74, 6) is 1.11. The molecule has 1 heterocycles. The minimum atomic E-state index is 0.0645. The van der Waals surface area contributed by atoms with Gasteiger partial charge in [-0.2, -0.15) is 0 Å². The van der Waals surface area contributed by atoms with Gasteiger partial charge in [0.15, 0.2) is 0 Å². The Kier molecular flexibility index (Phi) is 2.84. The molecule has 0 aromatic carbocycles. The maximum absolute atomic E-state index is 5.71. The molecule has 0 aliphatic rings. The first-order valence-corrected chi connectivity index (χ1v) is 5.09. The number of hydrogen-bond acceptors (Lipinski definition) is 2. The highest BCUT2D eigenvalue weighted by molar-refractivity contribution is 5.38. The van der Waals surface area contributed by atoms with E-state index in [9.17, 15) is 0 Å². The van der Waals surface area contributed by atoms with E-state index in [4.69, 9.17) is 5.73 Å². The third-order valence-corrected chi connectivity index (χ3v) is 2.28. The van der Waals surface area contributed by atoms with Crippen LogP contribution in [0.3, 0.4) is 0 Å². The topological polar surface area (TPSA) is 38.9 Å². The fourth-order valence-corrected chi connectivity index (χ4v) is 1.55. The first-order chi connectivity index (χ1) is 6.32. The molecule has 78 valence electrons. The Morgan fingerprint density at radius 2 is 1.79 bits per heavy atom. The molecular weight excluding hydrogens is 172 g/mol. The van der Waals surface area contributed by atoms with E-state index in [1.807, 2.05) is 6.07 Å². The molecule has 2 N–H and O–H groups in total. The molecule has 0 aliphatic carbocycles. The van der Waals surface area contributed by atoms with E-state index >= 15 is 0 Å². The molecule has 14 heavy (non-hydrogen) atoms. The zero-order valence-electron chi connectivity index (χ0n) is 9.76. The summed E-state index contributed by atoms with van der Waals surface area (Å²) in [6.45, 7) is 10.9. The van der Waals surface area contributed by atoms with Crippen LogP contribution < -0.4 is 5.73 Å². The minimum Gasteiger partial charge on any atom is -0.384 e. The van der Waals surface area contributed by atoms with Crippen molar-refractivity contribution in [2.75, 3.05) is 5.73 Å². The van der Waals surface area contributed by atoms with Gasteiger partial charge in [0.25, 0.3) is 0 Å². The van der Waals surface area contributed by atoms with Gasteiger partial charge in [-0.25, -0.2) is 4.98 Å². The third kappa shape index (κ3) is 2.25. The number of nitrogen functional groups attached to an aromatic ring is 1. The SMILES string of the molecule is CC(C)c1ccc(N)nc1C(C)(C)C. The Hall–Kier alpha value is -1.05. The summed E-state index contributed by atoms with van der Waals surface area (Å²) in [5.41, 5.74) is 8.19. The van der Waals surface area contributed by atoms with Gasteiger partial charge in [-0.15, -0.1) is 0 Å². The Bertz CT molecular complexity index is 322. The van der Waals surface area contributed by atoms with Gasteiger partial charge in [-0.3, -0.25) is 0 Å². The summed E-state index contributed by atoms with van der Waals surface area (Å²) in [6.07, 6.45) is 0. The van der Waals surface area contributed by atoms with Gasteiger partial charge in [-0.1, -0.05) is 40.7 Å². The van der Waals surface area contributed by atoms with E-state index in [0.29, 0.717) is 11.7 Å². The van der Waals surface area contributed by atoms with Crippen LogP contribution in [0.15, 0.2) is 12.1 Å². The molecule has 0 fully saturated rings. The van der Waals surface area contributed by atoms with Crippen molar-refractivity contribution < 1.29 is 0 Å². The summed E-state index contributed by atoms with van der Waals surface area (Å²) in [7, 11) is 0. The molecule has 0 unspecified atom stereocenters. The molecule has 1 aromatic rings. The quantitative estimate of drug-likeness (QED) is 0.742. The van der Waals surface area contributed by atoms with E-state index in [1.54, 1.807) is 0 Å². The van der Waals surface area contributed by atoms with E-state index < -0.39 is 0 Å². The molecule has 2 heteroatoms. The second kappa shape index (κ2) is 3.60. The van der Waals surface area contributed by atoms with Gasteiger partial charge in [0.1, 0.15) is 5.82 Å². The van der Waals surface area contributed by atoms with E-state index in [1.165, 1.54) is 5.56 Å². The average Bonchev–Trinajstić information content (AvgIpc) is 2.01. The number of anilines is 1. The summed E-state index contributed by atoms with van der Waals surface area (Å²) >= 11 is 0. The van der Waals surface area contributed by atoms with Gasteiger partial charge in [-0.05, 0) is 17.5 Å². The fourth-order valence-electron chi connectivity index (χ4n) is 1.55. The van der Waals surface area contributed by atoms with E-state index in [0.717, 1.165) is 5.69 Å². The molecule has 0 bridgehead atoms. The first-order valence-electron chi connectivity index (χ1n) is 5.09. The maximum Gasteiger partial charge on any atom is 0.123 e. The summed E-state index contributed by atoms with van der Waals surface area (Å²) < 4.78 is 0. The van der Waals surface area contributed by atoms with E-state index in [2.05, 4.69) is 45.7 Å². The Morgan fingerprint density at radius 3 is 2.21 bits per heavy atom. The first kappa shape index (κ1) is 11.0. The number of pyridine rings is 1. The van der Waals surface area contributed by atoms with Gasteiger partial charge in [0.05, 0.1) is 5.69 Å². The predicted molar refractivity (Wildman–Crippen MR) is 61.4 cm³/mol. The summed E-state index contributed by atoms with van der Waals surface area (Å²) in [6, 6.07) is 3.97. The predicted octanol–water partition coefficient (Wildman–Crippen LogP) is 3.08. The van der Waals surface area contributed by atoms with Crippen molar-refractivity contribution in [1.82, 2.24) is 4.98 Å². The van der Waals surface area contributed by atoms with Crippen LogP contribution in [0.25, 0.3) is 0 Å². The standard InChI is InChI=1S/C12H20N2/c1-8(2)9-6-7-10(13)14-11(9)12(3,4)5/h6-8H,1-5H3,(H2,13,14). The molecule has 0 radical (unpaired) electrons. The second-order valence-electron chi connectivity index (χ2n) is 5.08. The van der Waals surface area contributed by atoms with Crippen LogP contribution in [0.2, 0.25) is 0 Å². The van der Waals surface area contributed by atoms with Crippen molar-refractivity contribution >= 4 is 5.82 Å². The Balaban J connectivity index is 3.30. The highest BCUT2D eigenvalue weighted by atomic mass is 14.8. The van der Waals surface area contributed by atoms with Crippen molar-refractivity contribution in [1.29, 1.82) is 0 Å². The second-order valence-corrected chi connectivity index (χ2v) is 5.08. The Labute approximate surface area is 86.5 Å². The van der Waals surface area contributed by atoms with Crippen molar-refractivity contribution in [3.8, 4) is 0 Å². The van der Waals surface area contributed by atoms with E-state index in [-0.39, 0.29) is 5.41 Å². The van der Waals surface area contributed by atoms with Crippen LogP contribution >= 0.6 is 0 Å². The summed E-state index contributed by atoms with van der Waals surface area (Å²) in [4.78, 5) is 4.44. The molecule has 0 aliphatic heterocycles. The van der Waals surface area contributed by atoms with Crippen LogP contribution in [-0.2, 0) is 5.41 Å². The maximum atomic E-state index is 5.71. The molecule has 0 atom stereocenters.